The van der Waals surface area contributed by atoms with Gasteiger partial charge in [0.1, 0.15) is 0 Å². The van der Waals surface area contributed by atoms with Gasteiger partial charge >= 0.3 is 0 Å². The zero-order chi connectivity index (χ0) is 90.7. The summed E-state index contributed by atoms with van der Waals surface area (Å²) in [7, 11) is 0. The number of hydrogen-bond acceptors (Lipinski definition) is 8. The molecule has 0 unspecified atom stereocenters. The smallest absolute Gasteiger partial charge is 0.0716 e. The first-order chi connectivity index (χ1) is 69.3. The predicted octanol–water partition coefficient (Wildman–Crippen LogP) is 30.0. The minimum atomic E-state index is 0.894. The predicted molar refractivity (Wildman–Crippen MR) is 564 cm³/mol. The highest BCUT2D eigenvalue weighted by atomic mass is 15.2. The van der Waals surface area contributed by atoms with Crippen LogP contribution in [-0.4, -0.2) is 19.9 Å². The van der Waals surface area contributed by atoms with E-state index in [1.54, 1.807) is 0 Å². The molecule has 8 nitrogen and oxygen atoms in total. The quantitative estimate of drug-likeness (QED) is 0.149. The molecule has 0 spiro atoms. The van der Waals surface area contributed by atoms with Crippen LogP contribution in [0, 0.1) is 0 Å². The van der Waals surface area contributed by atoms with Gasteiger partial charge in [-0.15, -0.1) is 0 Å². The summed E-state index contributed by atoms with van der Waals surface area (Å²) in [5, 5.41) is 0. The molecule has 4 aromatic heterocycles. The molecule has 0 N–H and O–H groups in total. The Bertz CT molecular complexity index is 8510. The minimum absolute atomic E-state index is 0.894. The van der Waals surface area contributed by atoms with Gasteiger partial charge in [0.05, 0.1) is 85.3 Å². The largest absolute Gasteiger partial charge is 0.309 e. The van der Waals surface area contributed by atoms with Crippen LogP contribution < -0.4 is 19.6 Å². The van der Waals surface area contributed by atoms with Crippen molar-refractivity contribution < 1.29 is 0 Å². The first-order valence-electron chi connectivity index (χ1n) is 50.3. The second kappa shape index (κ2) is 28.5. The summed E-state index contributed by atoms with van der Waals surface area (Å²) in [6.45, 7) is 0. The molecule has 0 bridgehead atoms. The third-order valence-electron chi connectivity index (χ3n) is 34.2. The first kappa shape index (κ1) is 76.5. The van der Waals surface area contributed by atoms with Gasteiger partial charge in [-0.2, -0.15) is 0 Å². The van der Waals surface area contributed by atoms with E-state index in [4.69, 9.17) is 15.0 Å². The molecule has 8 aliphatic heterocycles. The van der Waals surface area contributed by atoms with Gasteiger partial charge in [-0.05, 0) is 344 Å². The lowest BCUT2D eigenvalue weighted by Gasteiger charge is -2.40. The van der Waals surface area contributed by atoms with Crippen molar-refractivity contribution in [2.24, 2.45) is 0 Å². The van der Waals surface area contributed by atoms with Crippen molar-refractivity contribution in [3.63, 3.8) is 0 Å². The van der Waals surface area contributed by atoms with Crippen LogP contribution >= 0.6 is 0 Å². The highest BCUT2D eigenvalue weighted by molar-refractivity contribution is 6.04. The molecule has 0 atom stereocenters. The monoisotopic (exact) mass is 1780 g/mol. The first-order valence-corrected chi connectivity index (χ1v) is 50.3. The molecule has 656 valence electrons. The van der Waals surface area contributed by atoms with Crippen LogP contribution in [0.2, 0.25) is 0 Å². The Morgan fingerprint density at radius 3 is 0.771 bits per heavy atom. The van der Waals surface area contributed by atoms with Crippen LogP contribution in [-0.2, 0) is 103 Å². The molecule has 140 heavy (non-hydrogen) atoms. The highest BCUT2D eigenvalue weighted by Crippen LogP contribution is 2.64. The van der Waals surface area contributed by atoms with Crippen LogP contribution in [0.1, 0.15) is 178 Å². The average molecular weight is 1790 g/mol. The van der Waals surface area contributed by atoms with Gasteiger partial charge in [0.2, 0.25) is 0 Å². The number of anilines is 12. The normalized spacial score (nSPS) is 14.9. The number of rotatable bonds is 0. The lowest BCUT2D eigenvalue weighted by molar-refractivity contribution is 0.952. The Morgan fingerprint density at radius 2 is 0.393 bits per heavy atom. The molecular formula is C132H88N8. The van der Waals surface area contributed by atoms with E-state index in [2.05, 4.69) is 346 Å². The van der Waals surface area contributed by atoms with Crippen LogP contribution in [0.15, 0.2) is 340 Å². The number of pyridine rings is 4. The lowest BCUT2D eigenvalue weighted by Crippen LogP contribution is -2.26. The van der Waals surface area contributed by atoms with E-state index in [0.29, 0.717) is 0 Å². The Kier molecular flexibility index (Phi) is 15.6. The molecule has 36 rings (SSSR count). The van der Waals surface area contributed by atoms with Gasteiger partial charge in [0, 0.05) is 107 Å². The SMILES string of the molecule is c1ccc2c(c1)Cc1cc3c(cc1-2)Cc1ccnc2c1N3c1c(ccc3c1Cc1ccccc1-3)C2.c1ccc2c(c1)Cc1cc3c(cc1-2)Cc1cncc2c1N3c1c(ccc3c1Cc1ccccc1-3)C2.c1ccc2c(c1)Cc1cc3c(cc1-2)Cc1nccc2c1N3c1c(ccc3c1-c1ccccc1C3)C2.c1ccc2c(c1)Cc1cc3c(cc1-2)Cc1nccc2c1N3c1c(ccc3c1Cc1ccccc1-3)C2. The summed E-state index contributed by atoms with van der Waals surface area (Å²) >= 11 is 0. The Balaban J connectivity index is 0.0000000829. The molecule has 0 saturated heterocycles. The summed E-state index contributed by atoms with van der Waals surface area (Å²) in [6.07, 6.45) is 25.8. The molecule has 0 amide bonds. The maximum Gasteiger partial charge on any atom is 0.0716 e. The zero-order valence-corrected chi connectivity index (χ0v) is 77.2. The molecule has 16 aliphatic rings. The second-order valence-electron chi connectivity index (χ2n) is 41.5. The molecular weight excluding hydrogens is 1700 g/mol. The summed E-state index contributed by atoms with van der Waals surface area (Å²) < 4.78 is 0. The second-order valence-corrected chi connectivity index (χ2v) is 41.5. The molecule has 0 radical (unpaired) electrons. The van der Waals surface area contributed by atoms with Gasteiger partial charge in [-0.3, -0.25) is 19.9 Å². The van der Waals surface area contributed by atoms with E-state index in [0.717, 1.165) is 103 Å². The van der Waals surface area contributed by atoms with E-state index < -0.39 is 0 Å². The third-order valence-corrected chi connectivity index (χ3v) is 34.2. The number of aromatic nitrogens is 4. The summed E-state index contributed by atoms with van der Waals surface area (Å²) in [6, 6.07) is 117. The standard InChI is InChI=1S/4C33H22N2/c1-4-8-27-19(5-1)11-22-16-31-23(15-29(22)27)13-25-18-34-17-24-12-21-9-10-28-26-7-3-2-6-20(26)14-30(28)33(21)35(31)32(24)25;1-4-8-26-19(5-1)13-23-18-31-24(16-28(23)26)14-22-11-12-34-30-17-21-9-10-27-25-7-3-2-6-20(25)15-29(27)32(21)35(31)33(22)30;1-4-8-26-19(5-1)13-23-18-31-24(16-28(23)26)17-30-33-22(11-12-34-30)14-21-9-10-27-25-7-3-2-6-20(25)15-29(27)32(21)35(31)33;1-3-7-26-19(5-1)14-24-18-30-25(16-28(24)26)17-29-32-23(11-12-34-29)15-22-10-9-21-13-20-6-2-4-8-27(20)31(21)33(22)35(30)32/h1-10,15-18H,11-14H2;3*1-12,16,18H,13-15,17H2. The van der Waals surface area contributed by atoms with Gasteiger partial charge in [0.15, 0.2) is 0 Å². The van der Waals surface area contributed by atoms with Gasteiger partial charge in [-0.1, -0.05) is 243 Å². The van der Waals surface area contributed by atoms with E-state index in [1.165, 1.54) is 336 Å². The van der Waals surface area contributed by atoms with Crippen LogP contribution in [0.4, 0.5) is 68.2 Å². The van der Waals surface area contributed by atoms with Gasteiger partial charge in [-0.25, -0.2) is 0 Å². The fourth-order valence-corrected chi connectivity index (χ4v) is 28.2. The number of hydrogen-bond donors (Lipinski definition) is 0. The van der Waals surface area contributed by atoms with Crippen molar-refractivity contribution in [1.29, 1.82) is 0 Å². The molecule has 0 saturated carbocycles. The zero-order valence-electron chi connectivity index (χ0n) is 77.2. The molecule has 16 aromatic carbocycles. The maximum absolute atomic E-state index is 4.92. The molecule has 12 heterocycles. The highest BCUT2D eigenvalue weighted by Gasteiger charge is 2.45. The Labute approximate surface area is 812 Å². The Hall–Kier alpha value is -16.7. The number of benzene rings is 16. The van der Waals surface area contributed by atoms with E-state index in [9.17, 15) is 0 Å². The van der Waals surface area contributed by atoms with Crippen molar-refractivity contribution >= 4 is 68.2 Å². The lowest BCUT2D eigenvalue weighted by atomic mass is 9.84. The third kappa shape index (κ3) is 10.8. The number of fused-ring (bicyclic) bond motifs is 44. The van der Waals surface area contributed by atoms with Crippen molar-refractivity contribution in [3.8, 4) is 89.0 Å². The van der Waals surface area contributed by atoms with Crippen molar-refractivity contribution in [1.82, 2.24) is 19.9 Å². The molecule has 0 fully saturated rings. The van der Waals surface area contributed by atoms with E-state index in [-0.39, 0.29) is 0 Å². The fraction of sp³-hybridized carbons (Fsp3) is 0.121. The van der Waals surface area contributed by atoms with Crippen LogP contribution in [0.25, 0.3) is 89.0 Å². The van der Waals surface area contributed by atoms with Crippen molar-refractivity contribution in [3.05, 3.63) is 519 Å². The topological polar surface area (TPSA) is 64.5 Å². The number of nitrogens with zero attached hydrogens (tertiary/aromatic N) is 8. The van der Waals surface area contributed by atoms with E-state index >= 15 is 0 Å². The summed E-state index contributed by atoms with van der Waals surface area (Å²) in [5.74, 6) is 0. The van der Waals surface area contributed by atoms with Crippen molar-refractivity contribution in [2.45, 2.75) is 103 Å². The van der Waals surface area contributed by atoms with Crippen LogP contribution in [0.5, 0.6) is 0 Å². The molecule has 20 aromatic rings. The van der Waals surface area contributed by atoms with Crippen LogP contribution in [0.3, 0.4) is 0 Å². The summed E-state index contributed by atoms with van der Waals surface area (Å²) in [4.78, 5) is 29.7. The maximum atomic E-state index is 4.92. The minimum Gasteiger partial charge on any atom is -0.309 e. The van der Waals surface area contributed by atoms with Crippen molar-refractivity contribution in [2.75, 3.05) is 19.6 Å². The summed E-state index contributed by atoms with van der Waals surface area (Å²) in [5.41, 5.74) is 83.7. The molecule has 8 aliphatic carbocycles. The van der Waals surface area contributed by atoms with Gasteiger partial charge in [0.25, 0.3) is 0 Å². The Morgan fingerprint density at radius 1 is 0.150 bits per heavy atom. The fourth-order valence-electron chi connectivity index (χ4n) is 28.2. The van der Waals surface area contributed by atoms with E-state index in [1.807, 2.05) is 18.6 Å². The average Bonchev–Trinajstić information content (AvgIpc) is 1.41. The van der Waals surface area contributed by atoms with Gasteiger partial charge < -0.3 is 19.6 Å². The molecule has 8 heteroatoms.